The molecule has 0 aromatic heterocycles. The van der Waals surface area contributed by atoms with Crippen molar-refractivity contribution in [1.82, 2.24) is 0 Å². The summed E-state index contributed by atoms with van der Waals surface area (Å²) in [6.45, 7) is 4.14. The van der Waals surface area contributed by atoms with Crippen LogP contribution in [0.25, 0.3) is 0 Å². The number of sulfonamides is 1. The summed E-state index contributed by atoms with van der Waals surface area (Å²) in [5.41, 5.74) is 0.362. The van der Waals surface area contributed by atoms with E-state index in [9.17, 15) is 23.3 Å². The van der Waals surface area contributed by atoms with Crippen LogP contribution in [0.4, 0.5) is 11.4 Å². The lowest BCUT2D eigenvalue weighted by Crippen LogP contribution is -2.13. The van der Waals surface area contributed by atoms with Crippen molar-refractivity contribution in [3.63, 3.8) is 0 Å². The quantitative estimate of drug-likeness (QED) is 0.449. The average Bonchev–Trinajstić information content (AvgIpc) is 2.60. The molecule has 0 saturated carbocycles. The molecule has 9 heteroatoms. The Kier molecular flexibility index (Phi) is 5.93. The number of carbonyl (C=O) groups is 1. The second-order valence-corrected chi connectivity index (χ2v) is 7.61. The van der Waals surface area contributed by atoms with E-state index in [0.29, 0.717) is 12.2 Å². The number of nitro benzene ring substituents is 1. The maximum absolute atomic E-state index is 12.3. The molecule has 0 aliphatic heterocycles. The van der Waals surface area contributed by atoms with Crippen LogP contribution in [0.15, 0.2) is 53.4 Å². The van der Waals surface area contributed by atoms with E-state index in [1.165, 1.54) is 24.3 Å². The van der Waals surface area contributed by atoms with Gasteiger partial charge in [0.25, 0.3) is 15.7 Å². The molecule has 0 spiro atoms. The van der Waals surface area contributed by atoms with E-state index in [-0.39, 0.29) is 22.2 Å². The molecule has 0 fully saturated rings. The van der Waals surface area contributed by atoms with Gasteiger partial charge in [0.2, 0.25) is 0 Å². The van der Waals surface area contributed by atoms with E-state index in [4.69, 9.17) is 4.74 Å². The Morgan fingerprint density at radius 1 is 1.12 bits per heavy atom. The van der Waals surface area contributed by atoms with Crippen LogP contribution in [-0.2, 0) is 14.8 Å². The number of anilines is 1. The minimum atomic E-state index is -3.90. The summed E-state index contributed by atoms with van der Waals surface area (Å²) in [5, 5.41) is 10.6. The summed E-state index contributed by atoms with van der Waals surface area (Å²) < 4.78 is 32.1. The van der Waals surface area contributed by atoms with Crippen molar-refractivity contribution in [2.75, 3.05) is 11.3 Å². The Labute approximate surface area is 151 Å². The topological polar surface area (TPSA) is 116 Å². The molecule has 0 amide bonds. The van der Waals surface area contributed by atoms with Gasteiger partial charge in [-0.1, -0.05) is 13.8 Å². The molecule has 26 heavy (non-hydrogen) atoms. The van der Waals surface area contributed by atoms with Crippen molar-refractivity contribution in [3.05, 3.63) is 64.2 Å². The lowest BCUT2D eigenvalue weighted by atomic mass is 10.2. The molecule has 2 aromatic rings. The maximum Gasteiger partial charge on any atom is 0.338 e. The number of benzene rings is 2. The van der Waals surface area contributed by atoms with Crippen LogP contribution in [0.3, 0.4) is 0 Å². The van der Waals surface area contributed by atoms with E-state index >= 15 is 0 Å². The number of rotatable bonds is 7. The van der Waals surface area contributed by atoms with E-state index < -0.39 is 20.9 Å². The highest BCUT2D eigenvalue weighted by Crippen LogP contribution is 2.20. The Morgan fingerprint density at radius 3 is 2.19 bits per heavy atom. The van der Waals surface area contributed by atoms with Gasteiger partial charge in [-0.15, -0.1) is 0 Å². The zero-order valence-corrected chi connectivity index (χ0v) is 15.0. The first-order chi connectivity index (χ1) is 12.2. The van der Waals surface area contributed by atoms with Gasteiger partial charge in [-0.2, -0.15) is 0 Å². The van der Waals surface area contributed by atoms with Crippen LogP contribution >= 0.6 is 0 Å². The lowest BCUT2D eigenvalue weighted by Gasteiger charge is -2.10. The summed E-state index contributed by atoms with van der Waals surface area (Å²) in [7, 11) is -3.90. The first-order valence-corrected chi connectivity index (χ1v) is 9.22. The van der Waals surface area contributed by atoms with Crippen molar-refractivity contribution in [3.8, 4) is 0 Å². The first kappa shape index (κ1) is 19.4. The van der Waals surface area contributed by atoms with Gasteiger partial charge in [-0.25, -0.2) is 13.2 Å². The predicted molar refractivity (Wildman–Crippen MR) is 95.5 cm³/mol. The summed E-state index contributed by atoms with van der Waals surface area (Å²) in [5.74, 6) is -0.268. The summed E-state index contributed by atoms with van der Waals surface area (Å²) in [6, 6.07) is 10.3. The largest absolute Gasteiger partial charge is 0.462 e. The standard InChI is InChI=1S/C17H18N2O6S/c1-12(2)11-25-17(20)13-3-5-14(6-4-13)18-26(23,24)16-9-7-15(8-10-16)19(21)22/h3-10,12,18H,11H2,1-2H3. The first-order valence-electron chi connectivity index (χ1n) is 7.73. The fraction of sp³-hybridized carbons (Fsp3) is 0.235. The lowest BCUT2D eigenvalue weighted by molar-refractivity contribution is -0.384. The molecule has 0 heterocycles. The normalized spacial score (nSPS) is 11.2. The number of nitro groups is 1. The Bertz CT molecular complexity index is 890. The zero-order chi connectivity index (χ0) is 19.3. The predicted octanol–water partition coefficient (Wildman–Crippen LogP) is 3.21. The third-order valence-electron chi connectivity index (χ3n) is 3.28. The second kappa shape index (κ2) is 7.96. The molecule has 0 radical (unpaired) electrons. The van der Waals surface area contributed by atoms with Crippen LogP contribution in [-0.4, -0.2) is 25.9 Å². The SMILES string of the molecule is CC(C)COC(=O)c1ccc(NS(=O)(=O)c2ccc([N+](=O)[O-])cc2)cc1. The van der Waals surface area contributed by atoms with Gasteiger partial charge in [-0.3, -0.25) is 14.8 Å². The van der Waals surface area contributed by atoms with Crippen LogP contribution < -0.4 is 4.72 Å². The molecule has 0 saturated heterocycles. The number of ether oxygens (including phenoxy) is 1. The van der Waals surface area contributed by atoms with Gasteiger partial charge < -0.3 is 4.74 Å². The molecule has 8 nitrogen and oxygen atoms in total. The fourth-order valence-electron chi connectivity index (χ4n) is 1.96. The van der Waals surface area contributed by atoms with Crippen LogP contribution in [0.2, 0.25) is 0 Å². The van der Waals surface area contributed by atoms with Crippen LogP contribution in [0, 0.1) is 16.0 Å². The molecular formula is C17H18N2O6S. The van der Waals surface area contributed by atoms with Gasteiger partial charge >= 0.3 is 5.97 Å². The highest BCUT2D eigenvalue weighted by Gasteiger charge is 2.16. The molecule has 0 aliphatic rings. The van der Waals surface area contributed by atoms with Crippen molar-refractivity contribution < 1.29 is 22.9 Å². The van der Waals surface area contributed by atoms with Crippen LogP contribution in [0.5, 0.6) is 0 Å². The number of nitrogens with one attached hydrogen (secondary N) is 1. The Balaban J connectivity index is 2.09. The highest BCUT2D eigenvalue weighted by atomic mass is 32.2. The van der Waals surface area contributed by atoms with Crippen LogP contribution in [0.1, 0.15) is 24.2 Å². The third-order valence-corrected chi connectivity index (χ3v) is 4.68. The average molecular weight is 378 g/mol. The highest BCUT2D eigenvalue weighted by molar-refractivity contribution is 7.92. The number of carbonyl (C=O) groups excluding carboxylic acids is 1. The Hall–Kier alpha value is -2.94. The molecule has 0 atom stereocenters. The Morgan fingerprint density at radius 2 is 1.69 bits per heavy atom. The van der Waals surface area contributed by atoms with E-state index in [0.717, 1.165) is 24.3 Å². The molecule has 0 bridgehead atoms. The van der Waals surface area contributed by atoms with Gasteiger partial charge in [-0.05, 0) is 42.3 Å². The number of nitrogens with zero attached hydrogens (tertiary/aromatic N) is 1. The van der Waals surface area contributed by atoms with Crippen molar-refractivity contribution in [2.45, 2.75) is 18.7 Å². The van der Waals surface area contributed by atoms with Gasteiger partial charge in [0.1, 0.15) is 0 Å². The van der Waals surface area contributed by atoms with Crippen molar-refractivity contribution in [2.24, 2.45) is 5.92 Å². The molecule has 0 unspecified atom stereocenters. The molecular weight excluding hydrogens is 360 g/mol. The number of hydrogen-bond acceptors (Lipinski definition) is 6. The molecule has 0 aliphatic carbocycles. The summed E-state index contributed by atoms with van der Waals surface area (Å²) >= 11 is 0. The van der Waals surface area contributed by atoms with E-state index in [2.05, 4.69) is 4.72 Å². The van der Waals surface area contributed by atoms with Gasteiger partial charge in [0.05, 0.1) is 22.0 Å². The second-order valence-electron chi connectivity index (χ2n) is 5.93. The number of esters is 1. The molecule has 1 N–H and O–H groups in total. The monoisotopic (exact) mass is 378 g/mol. The maximum atomic E-state index is 12.3. The number of non-ortho nitro benzene ring substituents is 1. The molecule has 138 valence electrons. The zero-order valence-electron chi connectivity index (χ0n) is 14.2. The molecule has 2 rings (SSSR count). The van der Waals surface area contributed by atoms with Crippen molar-refractivity contribution in [1.29, 1.82) is 0 Å². The fourth-order valence-corrected chi connectivity index (χ4v) is 3.02. The van der Waals surface area contributed by atoms with Crippen molar-refractivity contribution >= 4 is 27.4 Å². The smallest absolute Gasteiger partial charge is 0.338 e. The van der Waals surface area contributed by atoms with E-state index in [1.807, 2.05) is 13.8 Å². The van der Waals surface area contributed by atoms with Gasteiger partial charge in [0, 0.05) is 17.8 Å². The van der Waals surface area contributed by atoms with E-state index in [1.54, 1.807) is 0 Å². The minimum Gasteiger partial charge on any atom is -0.462 e. The third kappa shape index (κ3) is 5.03. The summed E-state index contributed by atoms with van der Waals surface area (Å²) in [4.78, 5) is 21.7. The summed E-state index contributed by atoms with van der Waals surface area (Å²) in [6.07, 6.45) is 0. The number of hydrogen-bond donors (Lipinski definition) is 1. The minimum absolute atomic E-state index is 0.108. The molecule has 2 aromatic carbocycles. The van der Waals surface area contributed by atoms with Gasteiger partial charge in [0.15, 0.2) is 0 Å².